The summed E-state index contributed by atoms with van der Waals surface area (Å²) in [6, 6.07) is 61.5. The molecule has 0 saturated carbocycles. The van der Waals surface area contributed by atoms with Gasteiger partial charge in [-0.05, 0) is 82.6 Å². The van der Waals surface area contributed by atoms with Gasteiger partial charge in [-0.1, -0.05) is 152 Å². The van der Waals surface area contributed by atoms with E-state index in [1.807, 2.05) is 18.2 Å². The van der Waals surface area contributed by atoms with Crippen LogP contribution in [0.2, 0.25) is 0 Å². The van der Waals surface area contributed by atoms with Gasteiger partial charge in [-0.15, -0.1) is 0 Å². The van der Waals surface area contributed by atoms with Gasteiger partial charge in [-0.3, -0.25) is 0 Å². The quantitative estimate of drug-likeness (QED) is 0.177. The van der Waals surface area contributed by atoms with Crippen LogP contribution in [0.4, 0.5) is 0 Å². The van der Waals surface area contributed by atoms with Gasteiger partial charge in [-0.2, -0.15) is 0 Å². The summed E-state index contributed by atoms with van der Waals surface area (Å²) in [4.78, 5) is 11.0. The Kier molecular flexibility index (Phi) is 7.82. The predicted octanol–water partition coefficient (Wildman–Crippen LogP) is 14.4. The minimum absolute atomic E-state index is 0.679. The van der Waals surface area contributed by atoms with Crippen molar-refractivity contribution in [1.29, 1.82) is 0 Å². The average Bonchev–Trinajstić information content (AvgIpc) is 3.85. The fraction of sp³-hybridized carbons (Fsp3) is 0.0566. The summed E-state index contributed by atoms with van der Waals surface area (Å²) in [7, 11) is 0. The lowest BCUT2D eigenvalue weighted by molar-refractivity contribution is 0.667. The highest BCUT2D eigenvalue weighted by atomic mass is 16.3. The van der Waals surface area contributed by atoms with E-state index in [4.69, 9.17) is 18.8 Å². The first-order valence-corrected chi connectivity index (χ1v) is 19.5. The molecule has 0 N–H and O–H groups in total. The van der Waals surface area contributed by atoms with Crippen LogP contribution in [0, 0.1) is 0 Å². The number of para-hydroxylation sites is 3. The van der Waals surface area contributed by atoms with Crippen LogP contribution in [0.15, 0.2) is 200 Å². The van der Waals surface area contributed by atoms with Crippen LogP contribution in [0.3, 0.4) is 0 Å². The molecular weight excluding hydrogens is 697 g/mol. The minimum Gasteiger partial charge on any atom is -0.455 e. The van der Waals surface area contributed by atoms with Crippen LogP contribution in [0.1, 0.15) is 36.5 Å². The first-order valence-electron chi connectivity index (χ1n) is 19.5. The van der Waals surface area contributed by atoms with E-state index in [9.17, 15) is 0 Å². The summed E-state index contributed by atoms with van der Waals surface area (Å²) in [6.07, 6.45) is 1.61. The van der Waals surface area contributed by atoms with Crippen molar-refractivity contribution in [3.63, 3.8) is 0 Å². The van der Waals surface area contributed by atoms with Gasteiger partial charge < -0.3 is 8.83 Å². The van der Waals surface area contributed by atoms with Crippen molar-refractivity contribution in [1.82, 2.24) is 0 Å². The molecule has 0 radical (unpaired) electrons. The number of aliphatic imine (C=N–C) groups is 2. The summed E-state index contributed by atoms with van der Waals surface area (Å²) in [5, 5.41) is 6.60. The SMILES string of the molecule is C\C1=C(c2cccc3c2oc2ccccc23)/N=C(c2ccc(-c3cccc4oc5c(-c6ccccc6)cccc5c34)c3ccccc23)\N=C(\c2ccccc2)CC1. The van der Waals surface area contributed by atoms with E-state index in [1.165, 1.54) is 5.57 Å². The summed E-state index contributed by atoms with van der Waals surface area (Å²) in [5.41, 5.74) is 14.1. The Morgan fingerprint density at radius 3 is 1.75 bits per heavy atom. The molecule has 0 fully saturated rings. The molecule has 57 heavy (non-hydrogen) atoms. The maximum Gasteiger partial charge on any atom is 0.160 e. The summed E-state index contributed by atoms with van der Waals surface area (Å²) >= 11 is 0. The molecular formula is C53H36N2O2. The normalized spacial score (nSPS) is 16.8. The first kappa shape index (κ1) is 33.1. The number of allylic oxidation sites excluding steroid dienone is 1. The zero-order valence-corrected chi connectivity index (χ0v) is 31.4. The summed E-state index contributed by atoms with van der Waals surface area (Å²) in [6.45, 7) is 2.20. The number of rotatable bonds is 5. The number of amidine groups is 1. The highest BCUT2D eigenvalue weighted by molar-refractivity contribution is 6.22. The number of fused-ring (bicyclic) bond motifs is 7. The molecule has 11 rings (SSSR count). The van der Waals surface area contributed by atoms with Crippen LogP contribution in [-0.2, 0) is 0 Å². The van der Waals surface area contributed by atoms with Gasteiger partial charge in [0.15, 0.2) is 5.84 Å². The molecule has 10 aromatic rings. The number of benzene rings is 8. The largest absolute Gasteiger partial charge is 0.455 e. The van der Waals surface area contributed by atoms with E-state index in [0.29, 0.717) is 5.84 Å². The molecule has 0 bridgehead atoms. The van der Waals surface area contributed by atoms with Crippen molar-refractivity contribution in [2.24, 2.45) is 9.98 Å². The van der Waals surface area contributed by atoms with Gasteiger partial charge in [0.25, 0.3) is 0 Å². The van der Waals surface area contributed by atoms with Gasteiger partial charge in [-0.25, -0.2) is 9.98 Å². The Balaban J connectivity index is 1.13. The van der Waals surface area contributed by atoms with Crippen molar-refractivity contribution < 1.29 is 8.83 Å². The molecule has 270 valence electrons. The Morgan fingerprint density at radius 2 is 0.947 bits per heavy atom. The monoisotopic (exact) mass is 732 g/mol. The summed E-state index contributed by atoms with van der Waals surface area (Å²) in [5.74, 6) is 0.679. The van der Waals surface area contributed by atoms with Crippen LogP contribution >= 0.6 is 0 Å². The minimum atomic E-state index is 0.679. The Morgan fingerprint density at radius 1 is 0.386 bits per heavy atom. The Hall–Kier alpha value is -7.30. The van der Waals surface area contributed by atoms with Crippen molar-refractivity contribution >= 4 is 71.9 Å². The third-order valence-corrected chi connectivity index (χ3v) is 11.4. The second kappa shape index (κ2) is 13.5. The molecule has 8 aromatic carbocycles. The second-order valence-corrected chi connectivity index (χ2v) is 14.8. The number of hydrogen-bond acceptors (Lipinski definition) is 4. The standard InChI is InChI=1S/C53H36N2O2/c1-33-29-32-46(35-17-6-3-7-18-35)54-53(55-50(33)45-26-13-24-42-40-21-10-11-27-47(40)56-52(42)45)43-31-30-39(37-19-8-9-20-38(37)43)41-23-14-28-48-49(41)44-25-12-22-36(51(44)57-48)34-15-4-2-5-16-34/h2-28,30-31H,29,32H2,1H3/b50-33+,54-46+,55-53-. The van der Waals surface area contributed by atoms with E-state index >= 15 is 0 Å². The molecule has 0 unspecified atom stereocenters. The number of hydrogen-bond donors (Lipinski definition) is 0. The second-order valence-electron chi connectivity index (χ2n) is 14.8. The maximum absolute atomic E-state index is 6.67. The molecule has 2 aromatic heterocycles. The fourth-order valence-electron chi connectivity index (χ4n) is 8.66. The number of nitrogens with zero attached hydrogens (tertiary/aromatic N) is 2. The highest BCUT2D eigenvalue weighted by Crippen LogP contribution is 2.43. The van der Waals surface area contributed by atoms with Crippen LogP contribution in [0.25, 0.3) is 82.6 Å². The first-order chi connectivity index (χ1) is 28.2. The van der Waals surface area contributed by atoms with Crippen LogP contribution < -0.4 is 0 Å². The molecule has 0 amide bonds. The smallest absolute Gasteiger partial charge is 0.160 e. The van der Waals surface area contributed by atoms with Gasteiger partial charge in [0.2, 0.25) is 0 Å². The lowest BCUT2D eigenvalue weighted by Gasteiger charge is -2.18. The maximum atomic E-state index is 6.67. The predicted molar refractivity (Wildman–Crippen MR) is 237 cm³/mol. The molecule has 3 heterocycles. The summed E-state index contributed by atoms with van der Waals surface area (Å²) < 4.78 is 13.2. The molecule has 1 aliphatic rings. The fourth-order valence-corrected chi connectivity index (χ4v) is 8.66. The van der Waals surface area contributed by atoms with Crippen molar-refractivity contribution in [2.75, 3.05) is 0 Å². The molecule has 0 aliphatic carbocycles. The molecule has 4 heteroatoms. The van der Waals surface area contributed by atoms with Crippen LogP contribution in [-0.4, -0.2) is 11.5 Å². The molecule has 0 spiro atoms. The van der Waals surface area contributed by atoms with E-state index in [1.54, 1.807) is 0 Å². The van der Waals surface area contributed by atoms with Crippen LogP contribution in [0.5, 0.6) is 0 Å². The van der Waals surface area contributed by atoms with Gasteiger partial charge in [0, 0.05) is 38.2 Å². The van der Waals surface area contributed by atoms with E-state index in [-0.39, 0.29) is 0 Å². The van der Waals surface area contributed by atoms with E-state index in [2.05, 4.69) is 165 Å². The van der Waals surface area contributed by atoms with Crippen molar-refractivity contribution in [2.45, 2.75) is 19.8 Å². The van der Waals surface area contributed by atoms with E-state index in [0.717, 1.165) is 118 Å². The molecule has 1 aliphatic heterocycles. The highest BCUT2D eigenvalue weighted by Gasteiger charge is 2.22. The van der Waals surface area contributed by atoms with Crippen molar-refractivity contribution in [3.8, 4) is 22.3 Å². The molecule has 4 nitrogen and oxygen atoms in total. The molecule has 0 saturated heterocycles. The van der Waals surface area contributed by atoms with Gasteiger partial charge >= 0.3 is 0 Å². The number of furan rings is 2. The van der Waals surface area contributed by atoms with Gasteiger partial charge in [0.1, 0.15) is 22.3 Å². The van der Waals surface area contributed by atoms with E-state index < -0.39 is 0 Å². The topological polar surface area (TPSA) is 51.0 Å². The third kappa shape index (κ3) is 5.52. The Bertz CT molecular complexity index is 3290. The third-order valence-electron chi connectivity index (χ3n) is 11.4. The van der Waals surface area contributed by atoms with Gasteiger partial charge in [0.05, 0.1) is 11.4 Å². The zero-order valence-electron chi connectivity index (χ0n) is 31.4. The lowest BCUT2D eigenvalue weighted by Crippen LogP contribution is -2.11. The molecule has 0 atom stereocenters. The Labute approximate surface area is 329 Å². The average molecular weight is 733 g/mol. The lowest BCUT2D eigenvalue weighted by atomic mass is 9.91. The zero-order chi connectivity index (χ0) is 37.9. The van der Waals surface area contributed by atoms with Crippen molar-refractivity contribution in [3.05, 3.63) is 198 Å².